The molecule has 0 radical (unpaired) electrons. The summed E-state index contributed by atoms with van der Waals surface area (Å²) in [6, 6.07) is 7.83. The van der Waals surface area contributed by atoms with Crippen molar-refractivity contribution in [1.82, 2.24) is 9.78 Å². The van der Waals surface area contributed by atoms with Crippen LogP contribution in [0.3, 0.4) is 0 Å². The first kappa shape index (κ1) is 13.0. The third-order valence-electron chi connectivity index (χ3n) is 2.72. The van der Waals surface area contributed by atoms with E-state index in [2.05, 4.69) is 5.10 Å². The molecular weight excluding hydrogens is 248 g/mol. The normalized spacial score (nSPS) is 10.7. The molecule has 96 valence electrons. The summed E-state index contributed by atoms with van der Waals surface area (Å²) in [5.74, 6) is 0.836. The van der Waals surface area contributed by atoms with Crippen LogP contribution >= 0.6 is 11.8 Å². The highest BCUT2D eigenvalue weighted by Gasteiger charge is 2.13. The second kappa shape index (κ2) is 5.46. The van der Waals surface area contributed by atoms with E-state index in [4.69, 9.17) is 4.74 Å². The van der Waals surface area contributed by atoms with Crippen LogP contribution in [-0.4, -0.2) is 22.0 Å². The first-order chi connectivity index (χ1) is 8.65. The molecule has 18 heavy (non-hydrogen) atoms. The highest BCUT2D eigenvalue weighted by Crippen LogP contribution is 2.32. The topological polar surface area (TPSA) is 47.3 Å². The smallest absolute Gasteiger partial charge is 0.118 e. The number of benzene rings is 1. The van der Waals surface area contributed by atoms with Gasteiger partial charge in [0.25, 0.3) is 0 Å². The van der Waals surface area contributed by atoms with E-state index < -0.39 is 0 Å². The number of aliphatic hydroxyl groups excluding tert-OH is 1. The molecule has 2 aromatic rings. The van der Waals surface area contributed by atoms with E-state index in [9.17, 15) is 5.11 Å². The number of aromatic nitrogens is 2. The van der Waals surface area contributed by atoms with Crippen LogP contribution in [0, 0.1) is 6.92 Å². The Labute approximate surface area is 111 Å². The fraction of sp³-hybridized carbons (Fsp3) is 0.308. The molecule has 2 rings (SSSR count). The third-order valence-corrected chi connectivity index (χ3v) is 3.93. The molecule has 1 aromatic heterocycles. The van der Waals surface area contributed by atoms with Crippen LogP contribution in [0.2, 0.25) is 0 Å². The Morgan fingerprint density at radius 1 is 1.33 bits per heavy atom. The van der Waals surface area contributed by atoms with Crippen LogP contribution in [0.4, 0.5) is 0 Å². The maximum Gasteiger partial charge on any atom is 0.118 e. The minimum atomic E-state index is 0.0121. The van der Waals surface area contributed by atoms with Crippen LogP contribution in [-0.2, 0) is 13.7 Å². The van der Waals surface area contributed by atoms with Crippen molar-refractivity contribution in [1.29, 1.82) is 0 Å². The lowest BCUT2D eigenvalue weighted by atomic mass is 10.3. The number of nitrogens with zero attached hydrogens (tertiary/aromatic N) is 2. The van der Waals surface area contributed by atoms with Crippen molar-refractivity contribution in [2.45, 2.75) is 23.5 Å². The van der Waals surface area contributed by atoms with Gasteiger partial charge in [0.15, 0.2) is 0 Å². The molecular formula is C13H16N2O2S. The van der Waals surface area contributed by atoms with E-state index in [0.717, 1.165) is 26.9 Å². The zero-order chi connectivity index (χ0) is 13.1. The van der Waals surface area contributed by atoms with E-state index in [1.807, 2.05) is 38.2 Å². The van der Waals surface area contributed by atoms with Gasteiger partial charge in [-0.1, -0.05) is 11.8 Å². The van der Waals surface area contributed by atoms with Gasteiger partial charge in [-0.3, -0.25) is 4.68 Å². The van der Waals surface area contributed by atoms with Crippen molar-refractivity contribution in [3.05, 3.63) is 35.5 Å². The third kappa shape index (κ3) is 2.52. The SMILES string of the molecule is COc1ccc(Sc2c(CO)c(C)nn2C)cc1. The van der Waals surface area contributed by atoms with Crippen LogP contribution in [0.15, 0.2) is 34.2 Å². The lowest BCUT2D eigenvalue weighted by molar-refractivity contribution is 0.277. The summed E-state index contributed by atoms with van der Waals surface area (Å²) in [5, 5.41) is 14.7. The standard InChI is InChI=1S/C13H16N2O2S/c1-9-12(8-16)13(15(2)14-9)18-11-6-4-10(17-3)5-7-11/h4-7,16H,8H2,1-3H3. The van der Waals surface area contributed by atoms with Crippen LogP contribution in [0.25, 0.3) is 0 Å². The molecule has 0 saturated heterocycles. The van der Waals surface area contributed by atoms with E-state index in [1.54, 1.807) is 23.6 Å². The summed E-state index contributed by atoms with van der Waals surface area (Å²) in [6.07, 6.45) is 0. The fourth-order valence-corrected chi connectivity index (χ4v) is 2.75. The summed E-state index contributed by atoms with van der Waals surface area (Å²) in [5.41, 5.74) is 1.76. The summed E-state index contributed by atoms with van der Waals surface area (Å²) in [7, 11) is 3.54. The first-order valence-electron chi connectivity index (χ1n) is 5.61. The highest BCUT2D eigenvalue weighted by atomic mass is 32.2. The van der Waals surface area contributed by atoms with Gasteiger partial charge in [-0.15, -0.1) is 0 Å². The average Bonchev–Trinajstić information content (AvgIpc) is 2.64. The van der Waals surface area contributed by atoms with E-state index >= 15 is 0 Å². The summed E-state index contributed by atoms with van der Waals surface area (Å²) < 4.78 is 6.93. The molecule has 0 aliphatic rings. The lowest BCUT2D eigenvalue weighted by Gasteiger charge is -2.05. The van der Waals surface area contributed by atoms with Crippen molar-refractivity contribution in [2.24, 2.45) is 7.05 Å². The van der Waals surface area contributed by atoms with Gasteiger partial charge in [-0.05, 0) is 31.2 Å². The molecule has 0 aliphatic carbocycles. The van der Waals surface area contributed by atoms with Gasteiger partial charge < -0.3 is 9.84 Å². The van der Waals surface area contributed by atoms with E-state index in [-0.39, 0.29) is 6.61 Å². The monoisotopic (exact) mass is 264 g/mol. The molecule has 1 N–H and O–H groups in total. The fourth-order valence-electron chi connectivity index (χ4n) is 1.75. The van der Waals surface area contributed by atoms with Gasteiger partial charge in [0.05, 0.1) is 19.4 Å². The molecule has 0 bridgehead atoms. The Hall–Kier alpha value is -1.46. The Morgan fingerprint density at radius 3 is 2.56 bits per heavy atom. The number of rotatable bonds is 4. The van der Waals surface area contributed by atoms with Crippen molar-refractivity contribution in [3.8, 4) is 5.75 Å². The molecule has 0 aliphatic heterocycles. The van der Waals surface area contributed by atoms with Gasteiger partial charge in [0.2, 0.25) is 0 Å². The molecule has 0 amide bonds. The van der Waals surface area contributed by atoms with Crippen molar-refractivity contribution >= 4 is 11.8 Å². The predicted octanol–water partition coefficient (Wildman–Crippen LogP) is 2.38. The van der Waals surface area contributed by atoms with E-state index in [0.29, 0.717) is 0 Å². The van der Waals surface area contributed by atoms with Crippen LogP contribution in [0.1, 0.15) is 11.3 Å². The maximum atomic E-state index is 9.39. The average molecular weight is 264 g/mol. The largest absolute Gasteiger partial charge is 0.497 e. The number of methoxy groups -OCH3 is 1. The Balaban J connectivity index is 2.27. The predicted molar refractivity (Wildman–Crippen MR) is 71.0 cm³/mol. The summed E-state index contributed by atoms with van der Waals surface area (Å²) in [6.45, 7) is 1.92. The number of ether oxygens (including phenoxy) is 1. The molecule has 0 atom stereocenters. The van der Waals surface area contributed by atoms with Crippen LogP contribution < -0.4 is 4.74 Å². The van der Waals surface area contributed by atoms with E-state index in [1.165, 1.54) is 0 Å². The second-order valence-corrected chi connectivity index (χ2v) is 4.99. The molecule has 0 saturated carbocycles. The molecule has 0 unspecified atom stereocenters. The Morgan fingerprint density at radius 2 is 2.00 bits per heavy atom. The number of aryl methyl sites for hydroxylation is 2. The summed E-state index contributed by atoms with van der Waals surface area (Å²) >= 11 is 1.59. The summed E-state index contributed by atoms with van der Waals surface area (Å²) in [4.78, 5) is 1.09. The minimum Gasteiger partial charge on any atom is -0.497 e. The molecule has 5 heteroatoms. The van der Waals surface area contributed by atoms with Gasteiger partial charge in [-0.2, -0.15) is 5.10 Å². The number of aliphatic hydroxyl groups is 1. The first-order valence-corrected chi connectivity index (χ1v) is 6.42. The molecule has 0 fully saturated rings. The zero-order valence-corrected chi connectivity index (χ0v) is 11.5. The van der Waals surface area contributed by atoms with Gasteiger partial charge in [-0.25, -0.2) is 0 Å². The van der Waals surface area contributed by atoms with Gasteiger partial charge in [0, 0.05) is 17.5 Å². The zero-order valence-electron chi connectivity index (χ0n) is 10.7. The van der Waals surface area contributed by atoms with Gasteiger partial charge in [0.1, 0.15) is 10.8 Å². The Bertz CT molecular complexity index is 535. The van der Waals surface area contributed by atoms with Crippen LogP contribution in [0.5, 0.6) is 5.75 Å². The molecule has 1 aromatic carbocycles. The maximum absolute atomic E-state index is 9.39. The van der Waals surface area contributed by atoms with Crippen molar-refractivity contribution < 1.29 is 9.84 Å². The molecule has 0 spiro atoms. The molecule has 4 nitrogen and oxygen atoms in total. The highest BCUT2D eigenvalue weighted by molar-refractivity contribution is 7.99. The quantitative estimate of drug-likeness (QED) is 0.921. The second-order valence-electron chi connectivity index (χ2n) is 3.93. The lowest BCUT2D eigenvalue weighted by Crippen LogP contribution is -1.93. The van der Waals surface area contributed by atoms with Crippen molar-refractivity contribution in [3.63, 3.8) is 0 Å². The van der Waals surface area contributed by atoms with Gasteiger partial charge >= 0.3 is 0 Å². The van der Waals surface area contributed by atoms with Crippen molar-refractivity contribution in [2.75, 3.05) is 7.11 Å². The minimum absolute atomic E-state index is 0.0121. The number of hydrogen-bond acceptors (Lipinski definition) is 4. The number of hydrogen-bond donors (Lipinski definition) is 1. The molecule has 1 heterocycles. The Kier molecular flexibility index (Phi) is 3.93.